The van der Waals surface area contributed by atoms with Gasteiger partial charge in [0.15, 0.2) is 0 Å². The molecular formula is C17H14N5O4+. The molecule has 0 saturated carbocycles. The van der Waals surface area contributed by atoms with Gasteiger partial charge in [-0.15, -0.1) is 0 Å². The first-order valence-corrected chi connectivity index (χ1v) is 7.56. The molecule has 0 saturated heterocycles. The van der Waals surface area contributed by atoms with E-state index in [1.165, 1.54) is 29.2 Å². The predicted octanol–water partition coefficient (Wildman–Crippen LogP) is 2.00. The fourth-order valence-corrected chi connectivity index (χ4v) is 2.16. The van der Waals surface area contributed by atoms with Crippen molar-refractivity contribution in [3.8, 4) is 5.69 Å². The number of rotatable bonds is 5. The molecule has 9 heteroatoms. The summed E-state index contributed by atoms with van der Waals surface area (Å²) in [7, 11) is 0. The molecule has 3 rings (SSSR count). The number of H-pyrrole nitrogens is 1. The van der Waals surface area contributed by atoms with Crippen LogP contribution in [0.15, 0.2) is 74.2 Å². The van der Waals surface area contributed by atoms with Gasteiger partial charge in [0, 0.05) is 24.3 Å². The van der Waals surface area contributed by atoms with Crippen LogP contribution in [-0.2, 0) is 0 Å². The number of aromatic amines is 1. The molecule has 2 aromatic carbocycles. The molecule has 0 amide bonds. The third-order valence-corrected chi connectivity index (χ3v) is 3.56. The highest BCUT2D eigenvalue weighted by atomic mass is 16.6. The van der Waals surface area contributed by atoms with E-state index in [9.17, 15) is 14.9 Å². The molecule has 9 nitrogen and oxygen atoms in total. The van der Waals surface area contributed by atoms with Crippen molar-refractivity contribution in [2.24, 2.45) is 10.2 Å². The Labute approximate surface area is 147 Å². The Morgan fingerprint density at radius 2 is 1.88 bits per heavy atom. The summed E-state index contributed by atoms with van der Waals surface area (Å²) in [5, 5.41) is 21.2. The highest BCUT2D eigenvalue weighted by molar-refractivity contribution is 5.99. The maximum Gasteiger partial charge on any atom is 0.427 e. The predicted molar refractivity (Wildman–Crippen MR) is 93.8 cm³/mol. The second-order valence-electron chi connectivity index (χ2n) is 5.34. The van der Waals surface area contributed by atoms with E-state index in [0.717, 1.165) is 11.3 Å². The van der Waals surface area contributed by atoms with E-state index in [4.69, 9.17) is 0 Å². The maximum atomic E-state index is 11.0. The van der Waals surface area contributed by atoms with E-state index < -0.39 is 10.5 Å². The SMILES string of the molecule is C/C(=N\N=C\c1ccc([N+](=O)[O-])cc1)c1ccc(-[n+]2cc(=O)o[nH]2)cc1. The number of nitro benzene ring substituents is 1. The third kappa shape index (κ3) is 3.96. The van der Waals surface area contributed by atoms with Crippen LogP contribution in [0.2, 0.25) is 0 Å². The minimum atomic E-state index is -0.465. The van der Waals surface area contributed by atoms with Crippen LogP contribution in [0.1, 0.15) is 18.1 Å². The molecule has 26 heavy (non-hydrogen) atoms. The molecule has 130 valence electrons. The zero-order chi connectivity index (χ0) is 18.5. The monoisotopic (exact) mass is 352 g/mol. The summed E-state index contributed by atoms with van der Waals surface area (Å²) in [5.41, 5.74) is 2.57. The van der Waals surface area contributed by atoms with Crippen LogP contribution in [0.3, 0.4) is 0 Å². The van der Waals surface area contributed by atoms with E-state index in [2.05, 4.69) is 20.0 Å². The number of nitrogens with one attached hydrogen (secondary N) is 1. The Kier molecular flexibility index (Phi) is 4.79. The van der Waals surface area contributed by atoms with Crippen molar-refractivity contribution in [2.75, 3.05) is 0 Å². The molecule has 0 fully saturated rings. The molecule has 3 aromatic rings. The first-order valence-electron chi connectivity index (χ1n) is 7.56. The van der Waals surface area contributed by atoms with Crippen molar-refractivity contribution in [1.29, 1.82) is 0 Å². The average molecular weight is 352 g/mol. The zero-order valence-electron chi connectivity index (χ0n) is 13.7. The van der Waals surface area contributed by atoms with Gasteiger partial charge in [0.2, 0.25) is 5.69 Å². The van der Waals surface area contributed by atoms with Crippen LogP contribution in [0.5, 0.6) is 0 Å². The number of benzene rings is 2. The number of nitrogens with zero attached hydrogens (tertiary/aromatic N) is 4. The van der Waals surface area contributed by atoms with E-state index in [1.54, 1.807) is 24.3 Å². The molecule has 0 aliphatic heterocycles. The van der Waals surface area contributed by atoms with Crippen LogP contribution in [0.4, 0.5) is 5.69 Å². The molecule has 1 aromatic heterocycles. The highest BCUT2D eigenvalue weighted by Crippen LogP contribution is 2.11. The topological polar surface area (TPSA) is 118 Å². The van der Waals surface area contributed by atoms with Gasteiger partial charge in [0.1, 0.15) is 0 Å². The Bertz CT molecular complexity index is 1030. The highest BCUT2D eigenvalue weighted by Gasteiger charge is 2.10. The van der Waals surface area contributed by atoms with Crippen molar-refractivity contribution in [1.82, 2.24) is 5.27 Å². The number of non-ortho nitro benzene ring substituents is 1. The van der Waals surface area contributed by atoms with Crippen molar-refractivity contribution in [3.05, 3.63) is 86.4 Å². The lowest BCUT2D eigenvalue weighted by atomic mass is 10.1. The van der Waals surface area contributed by atoms with Crippen LogP contribution in [-0.4, -0.2) is 22.1 Å². The second-order valence-corrected chi connectivity index (χ2v) is 5.34. The first kappa shape index (κ1) is 17.0. The van der Waals surface area contributed by atoms with E-state index >= 15 is 0 Å². The van der Waals surface area contributed by atoms with Gasteiger partial charge in [-0.3, -0.25) is 14.6 Å². The zero-order valence-corrected chi connectivity index (χ0v) is 13.7. The van der Waals surface area contributed by atoms with E-state index in [-0.39, 0.29) is 5.69 Å². The van der Waals surface area contributed by atoms with Crippen molar-refractivity contribution in [3.63, 3.8) is 0 Å². The quantitative estimate of drug-likeness (QED) is 0.327. The lowest BCUT2D eigenvalue weighted by Gasteiger charge is -1.98. The van der Waals surface area contributed by atoms with Gasteiger partial charge in [0.25, 0.3) is 11.9 Å². The van der Waals surface area contributed by atoms with Crippen molar-refractivity contribution >= 4 is 17.6 Å². The summed E-state index contributed by atoms with van der Waals surface area (Å²) < 4.78 is 6.08. The van der Waals surface area contributed by atoms with E-state index in [0.29, 0.717) is 11.3 Å². The summed E-state index contributed by atoms with van der Waals surface area (Å²) in [5.74, 6) is 0. The van der Waals surface area contributed by atoms with Crippen molar-refractivity contribution in [2.45, 2.75) is 6.92 Å². The van der Waals surface area contributed by atoms with Gasteiger partial charge >= 0.3 is 5.63 Å². The molecule has 0 unspecified atom stereocenters. The minimum absolute atomic E-state index is 0.0266. The van der Waals surface area contributed by atoms with E-state index in [1.807, 2.05) is 19.1 Å². The molecule has 0 spiro atoms. The Morgan fingerprint density at radius 1 is 1.19 bits per heavy atom. The minimum Gasteiger partial charge on any atom is -0.283 e. The molecule has 0 radical (unpaired) electrons. The van der Waals surface area contributed by atoms with Gasteiger partial charge in [0.05, 0.1) is 16.8 Å². The van der Waals surface area contributed by atoms with Gasteiger partial charge in [-0.25, -0.2) is 4.79 Å². The smallest absolute Gasteiger partial charge is 0.283 e. The Morgan fingerprint density at radius 3 is 2.46 bits per heavy atom. The van der Waals surface area contributed by atoms with Gasteiger partial charge in [-0.2, -0.15) is 10.2 Å². The Balaban J connectivity index is 1.70. The maximum absolute atomic E-state index is 11.0. The number of aromatic nitrogens is 2. The van der Waals surface area contributed by atoms with Gasteiger partial charge in [-0.1, -0.05) is 0 Å². The van der Waals surface area contributed by atoms with Gasteiger partial charge in [-0.05, 0) is 52.3 Å². The number of hydrogen-bond acceptors (Lipinski definition) is 6. The van der Waals surface area contributed by atoms with Crippen LogP contribution in [0, 0.1) is 10.1 Å². The molecule has 1 heterocycles. The van der Waals surface area contributed by atoms with Gasteiger partial charge < -0.3 is 0 Å². The molecule has 0 atom stereocenters. The van der Waals surface area contributed by atoms with Crippen LogP contribution >= 0.6 is 0 Å². The summed E-state index contributed by atoms with van der Waals surface area (Å²) in [4.78, 5) is 21.2. The standard InChI is InChI=1S/C17H13N5O4/c1-12(19-18-10-13-2-6-16(7-3-13)22(24)25)14-4-8-15(9-5-14)21-11-17(23)26-20-21/h2-11H,1H3/p+1/b18-10+,19-12+. The number of nitro groups is 1. The summed E-state index contributed by atoms with van der Waals surface area (Å²) in [6, 6.07) is 13.3. The van der Waals surface area contributed by atoms with Crippen LogP contribution < -0.4 is 10.3 Å². The number of hydrogen-bond donors (Lipinski definition) is 1. The summed E-state index contributed by atoms with van der Waals surface area (Å²) >= 11 is 0. The lowest BCUT2D eigenvalue weighted by molar-refractivity contribution is -0.670. The fourth-order valence-electron chi connectivity index (χ4n) is 2.16. The summed E-state index contributed by atoms with van der Waals surface area (Å²) in [6.07, 6.45) is 2.82. The molecular weight excluding hydrogens is 338 g/mol. The lowest BCUT2D eigenvalue weighted by Crippen LogP contribution is -2.32. The van der Waals surface area contributed by atoms with Crippen molar-refractivity contribution < 1.29 is 14.1 Å². The molecule has 1 N–H and O–H groups in total. The average Bonchev–Trinajstić information content (AvgIpc) is 3.08. The largest absolute Gasteiger partial charge is 0.427 e. The first-order chi connectivity index (χ1) is 12.5. The fraction of sp³-hybridized carbons (Fsp3) is 0.0588. The Hall–Kier alpha value is -3.88. The normalized spacial score (nSPS) is 11.8. The summed E-state index contributed by atoms with van der Waals surface area (Å²) in [6.45, 7) is 1.81. The van der Waals surface area contributed by atoms with Crippen LogP contribution in [0.25, 0.3) is 5.69 Å². The molecule has 0 aliphatic carbocycles. The third-order valence-electron chi connectivity index (χ3n) is 3.56. The second kappa shape index (κ2) is 7.34. The molecule has 0 bridgehead atoms. The molecule has 0 aliphatic rings.